The Labute approximate surface area is 128 Å². The van der Waals surface area contributed by atoms with E-state index in [1.807, 2.05) is 33.8 Å². The Hall–Kier alpha value is -1.69. The van der Waals surface area contributed by atoms with Crippen molar-refractivity contribution in [1.29, 1.82) is 0 Å². The van der Waals surface area contributed by atoms with Gasteiger partial charge in [0.2, 0.25) is 0 Å². The lowest BCUT2D eigenvalue weighted by atomic mass is 10.0. The minimum Gasteiger partial charge on any atom is -0.480 e. The predicted octanol–water partition coefficient (Wildman–Crippen LogP) is 3.47. The second-order valence-electron chi connectivity index (χ2n) is 5.58. The molecule has 0 spiro atoms. The van der Waals surface area contributed by atoms with Gasteiger partial charge in [0.25, 0.3) is 0 Å². The van der Waals surface area contributed by atoms with Gasteiger partial charge in [-0.3, -0.25) is 0 Å². The molecule has 114 valence electrons. The van der Waals surface area contributed by atoms with Gasteiger partial charge in [-0.15, -0.1) is 11.3 Å². The third-order valence-corrected chi connectivity index (χ3v) is 4.14. The number of aliphatic carboxylic acids is 1. The first-order chi connectivity index (χ1) is 9.90. The Bertz CT molecular complexity index is 652. The standard InChI is InChI=1S/C15H21N3O2S/c1-5-12-17-13(10-7-9(4)21-14(10)18-12)16-11(15(19)20)6-8(2)3/h7-8,11H,5-6H2,1-4H3,(H,19,20)(H,16,17,18). The molecule has 0 bridgehead atoms. The summed E-state index contributed by atoms with van der Waals surface area (Å²) in [6.07, 6.45) is 1.29. The number of thiophene rings is 1. The van der Waals surface area contributed by atoms with Crippen LogP contribution in [0.2, 0.25) is 0 Å². The van der Waals surface area contributed by atoms with Crippen LogP contribution in [0, 0.1) is 12.8 Å². The maximum Gasteiger partial charge on any atom is 0.326 e. The summed E-state index contributed by atoms with van der Waals surface area (Å²) >= 11 is 1.61. The highest BCUT2D eigenvalue weighted by Crippen LogP contribution is 2.29. The van der Waals surface area contributed by atoms with E-state index in [0.29, 0.717) is 18.2 Å². The number of anilines is 1. The van der Waals surface area contributed by atoms with E-state index in [1.54, 1.807) is 11.3 Å². The quantitative estimate of drug-likeness (QED) is 0.854. The summed E-state index contributed by atoms with van der Waals surface area (Å²) in [6.45, 7) is 8.04. The molecule has 0 saturated carbocycles. The number of hydrogen-bond acceptors (Lipinski definition) is 5. The molecule has 2 aromatic rings. The lowest BCUT2D eigenvalue weighted by Gasteiger charge is -2.17. The van der Waals surface area contributed by atoms with Gasteiger partial charge in [-0.1, -0.05) is 20.8 Å². The summed E-state index contributed by atoms with van der Waals surface area (Å²) in [5.41, 5.74) is 0. The minimum atomic E-state index is -0.847. The summed E-state index contributed by atoms with van der Waals surface area (Å²) in [5.74, 6) is 0.820. The summed E-state index contributed by atoms with van der Waals surface area (Å²) in [5, 5.41) is 13.4. The zero-order chi connectivity index (χ0) is 15.6. The molecule has 0 aliphatic carbocycles. The Morgan fingerprint density at radius 3 is 2.71 bits per heavy atom. The molecule has 0 saturated heterocycles. The molecule has 2 N–H and O–H groups in total. The van der Waals surface area contributed by atoms with E-state index < -0.39 is 12.0 Å². The third-order valence-electron chi connectivity index (χ3n) is 3.19. The Balaban J connectivity index is 2.41. The van der Waals surface area contributed by atoms with Crippen LogP contribution < -0.4 is 5.32 Å². The second-order valence-corrected chi connectivity index (χ2v) is 6.82. The lowest BCUT2D eigenvalue weighted by Crippen LogP contribution is -2.31. The average molecular weight is 307 g/mol. The maximum atomic E-state index is 11.4. The molecule has 21 heavy (non-hydrogen) atoms. The van der Waals surface area contributed by atoms with Crippen molar-refractivity contribution in [1.82, 2.24) is 9.97 Å². The first kappa shape index (κ1) is 15.7. The van der Waals surface area contributed by atoms with Crippen LogP contribution in [0.15, 0.2) is 6.07 Å². The fourth-order valence-corrected chi connectivity index (χ4v) is 3.11. The number of fused-ring (bicyclic) bond motifs is 1. The van der Waals surface area contributed by atoms with Crippen molar-refractivity contribution in [3.63, 3.8) is 0 Å². The van der Waals surface area contributed by atoms with Crippen LogP contribution in [0.3, 0.4) is 0 Å². The predicted molar refractivity (Wildman–Crippen MR) is 86.0 cm³/mol. The van der Waals surface area contributed by atoms with Crippen LogP contribution in [0.25, 0.3) is 10.2 Å². The molecule has 2 aromatic heterocycles. The molecule has 0 fully saturated rings. The van der Waals surface area contributed by atoms with Gasteiger partial charge in [-0.2, -0.15) is 0 Å². The number of carbonyl (C=O) groups is 1. The van der Waals surface area contributed by atoms with E-state index in [2.05, 4.69) is 15.3 Å². The molecule has 5 nitrogen and oxygen atoms in total. The normalized spacial score (nSPS) is 12.8. The van der Waals surface area contributed by atoms with Crippen molar-refractivity contribution in [3.8, 4) is 0 Å². The molecule has 0 aliphatic rings. The zero-order valence-electron chi connectivity index (χ0n) is 12.8. The summed E-state index contributed by atoms with van der Waals surface area (Å²) in [6, 6.07) is 1.38. The topological polar surface area (TPSA) is 75.1 Å². The second kappa shape index (κ2) is 6.39. The molecule has 0 amide bonds. The minimum absolute atomic E-state index is 0.297. The molecule has 0 aliphatic heterocycles. The first-order valence-electron chi connectivity index (χ1n) is 7.17. The van der Waals surface area contributed by atoms with Gasteiger partial charge in [-0.05, 0) is 25.3 Å². The highest BCUT2D eigenvalue weighted by molar-refractivity contribution is 7.18. The van der Waals surface area contributed by atoms with Crippen LogP contribution in [-0.4, -0.2) is 27.1 Å². The largest absolute Gasteiger partial charge is 0.480 e. The number of aryl methyl sites for hydroxylation is 2. The number of aromatic nitrogens is 2. The van der Waals surface area contributed by atoms with Gasteiger partial charge < -0.3 is 10.4 Å². The van der Waals surface area contributed by atoms with E-state index in [0.717, 1.165) is 27.3 Å². The smallest absolute Gasteiger partial charge is 0.326 e. The fraction of sp³-hybridized carbons (Fsp3) is 0.533. The van der Waals surface area contributed by atoms with E-state index in [1.165, 1.54) is 0 Å². The van der Waals surface area contributed by atoms with Crippen molar-refractivity contribution >= 4 is 33.3 Å². The molecular weight excluding hydrogens is 286 g/mol. The van der Waals surface area contributed by atoms with Crippen LogP contribution in [0.1, 0.15) is 37.9 Å². The van der Waals surface area contributed by atoms with Gasteiger partial charge in [0.1, 0.15) is 22.5 Å². The SMILES string of the molecule is CCc1nc(NC(CC(C)C)C(=O)O)c2cc(C)sc2n1. The highest BCUT2D eigenvalue weighted by Gasteiger charge is 2.21. The molecule has 0 radical (unpaired) electrons. The first-order valence-corrected chi connectivity index (χ1v) is 7.98. The van der Waals surface area contributed by atoms with Gasteiger partial charge in [0.15, 0.2) is 0 Å². The van der Waals surface area contributed by atoms with Crippen LogP contribution >= 0.6 is 11.3 Å². The molecule has 1 unspecified atom stereocenters. The van der Waals surface area contributed by atoms with Crippen molar-refractivity contribution in [2.45, 2.75) is 46.6 Å². The fourth-order valence-electron chi connectivity index (χ4n) is 2.21. The van der Waals surface area contributed by atoms with Gasteiger partial charge in [0.05, 0.1) is 5.39 Å². The third kappa shape index (κ3) is 3.69. The van der Waals surface area contributed by atoms with Gasteiger partial charge in [-0.25, -0.2) is 14.8 Å². The van der Waals surface area contributed by atoms with Crippen molar-refractivity contribution in [2.24, 2.45) is 5.92 Å². The van der Waals surface area contributed by atoms with Crippen LogP contribution in [-0.2, 0) is 11.2 Å². The number of rotatable bonds is 6. The van der Waals surface area contributed by atoms with Crippen molar-refractivity contribution < 1.29 is 9.90 Å². The number of carboxylic acids is 1. The number of hydrogen-bond donors (Lipinski definition) is 2. The van der Waals surface area contributed by atoms with E-state index in [4.69, 9.17) is 0 Å². The van der Waals surface area contributed by atoms with E-state index in [-0.39, 0.29) is 0 Å². The Morgan fingerprint density at radius 2 is 2.14 bits per heavy atom. The van der Waals surface area contributed by atoms with E-state index >= 15 is 0 Å². The summed E-state index contributed by atoms with van der Waals surface area (Å²) in [7, 11) is 0. The average Bonchev–Trinajstić information content (AvgIpc) is 2.77. The molecular formula is C15H21N3O2S. The Kier molecular flexibility index (Phi) is 4.77. The van der Waals surface area contributed by atoms with Gasteiger partial charge in [0, 0.05) is 11.3 Å². The molecule has 2 heterocycles. The molecule has 1 atom stereocenters. The summed E-state index contributed by atoms with van der Waals surface area (Å²) in [4.78, 5) is 22.5. The lowest BCUT2D eigenvalue weighted by molar-refractivity contribution is -0.138. The van der Waals surface area contributed by atoms with Crippen LogP contribution in [0.4, 0.5) is 5.82 Å². The van der Waals surface area contributed by atoms with Crippen molar-refractivity contribution in [2.75, 3.05) is 5.32 Å². The zero-order valence-corrected chi connectivity index (χ0v) is 13.6. The Morgan fingerprint density at radius 1 is 1.43 bits per heavy atom. The summed E-state index contributed by atoms with van der Waals surface area (Å²) < 4.78 is 0. The molecule has 6 heteroatoms. The van der Waals surface area contributed by atoms with Crippen molar-refractivity contribution in [3.05, 3.63) is 16.8 Å². The van der Waals surface area contributed by atoms with Crippen LogP contribution in [0.5, 0.6) is 0 Å². The number of nitrogens with one attached hydrogen (secondary N) is 1. The maximum absolute atomic E-state index is 11.4. The molecule has 0 aromatic carbocycles. The van der Waals surface area contributed by atoms with Gasteiger partial charge >= 0.3 is 5.97 Å². The number of carboxylic acid groups (broad SMARTS) is 1. The van der Waals surface area contributed by atoms with E-state index in [9.17, 15) is 9.90 Å². The monoisotopic (exact) mass is 307 g/mol. The highest BCUT2D eigenvalue weighted by atomic mass is 32.1. The molecule has 2 rings (SSSR count). The number of nitrogens with zero attached hydrogens (tertiary/aromatic N) is 2.